The molecule has 0 aromatic heterocycles. The molecule has 1 amide bonds. The maximum absolute atomic E-state index is 12.6. The number of amides is 1. The summed E-state index contributed by atoms with van der Waals surface area (Å²) in [5.74, 6) is 1.01. The molecule has 1 aliphatic rings. The summed E-state index contributed by atoms with van der Waals surface area (Å²) in [4.78, 5) is 14.4. The van der Waals surface area contributed by atoms with E-state index >= 15 is 0 Å². The van der Waals surface area contributed by atoms with Gasteiger partial charge in [-0.2, -0.15) is 5.26 Å². The minimum absolute atomic E-state index is 0.0199. The smallest absolute Gasteiger partial charge is 0.253 e. The van der Waals surface area contributed by atoms with Crippen molar-refractivity contribution in [3.8, 4) is 6.07 Å². The van der Waals surface area contributed by atoms with Crippen molar-refractivity contribution in [1.29, 1.82) is 5.26 Å². The Bertz CT molecular complexity index is 736. The minimum Gasteiger partial charge on any atom is -0.491 e. The number of piperidine rings is 1. The quantitative estimate of drug-likeness (QED) is 0.323. The van der Waals surface area contributed by atoms with Crippen LogP contribution in [0.3, 0.4) is 0 Å². The van der Waals surface area contributed by atoms with E-state index < -0.39 is 0 Å². The van der Waals surface area contributed by atoms with Crippen molar-refractivity contribution in [3.63, 3.8) is 0 Å². The molecule has 0 radical (unpaired) electrons. The van der Waals surface area contributed by atoms with E-state index in [1.165, 1.54) is 0 Å². The Kier molecular flexibility index (Phi) is 7.50. The van der Waals surface area contributed by atoms with Crippen molar-refractivity contribution in [2.24, 2.45) is 0 Å². The number of ether oxygens (including phenoxy) is 1. The fraction of sp³-hybridized carbons (Fsp3) is 0.333. The van der Waals surface area contributed by atoms with Gasteiger partial charge in [0.15, 0.2) is 0 Å². The lowest BCUT2D eigenvalue weighted by Gasteiger charge is -2.32. The number of allylic oxidation sites excluding steroid dienone is 4. The van der Waals surface area contributed by atoms with Gasteiger partial charge < -0.3 is 9.64 Å². The summed E-state index contributed by atoms with van der Waals surface area (Å²) in [6.07, 6.45) is 6.60. The van der Waals surface area contributed by atoms with E-state index in [4.69, 9.17) is 21.6 Å². The van der Waals surface area contributed by atoms with Crippen LogP contribution in [-0.2, 0) is 4.74 Å². The molecule has 0 aliphatic carbocycles. The number of rotatable bonds is 6. The normalized spacial score (nSPS) is 15.7. The lowest BCUT2D eigenvalue weighted by molar-refractivity contribution is 0.0437. The number of likely N-dealkylation sites (tertiary alicyclic amines) is 1. The molecule has 5 heteroatoms. The Morgan fingerprint density at radius 2 is 2.00 bits per heavy atom. The number of alkyl halides is 1. The zero-order valence-corrected chi connectivity index (χ0v) is 15.7. The van der Waals surface area contributed by atoms with Gasteiger partial charge >= 0.3 is 0 Å². The molecule has 0 bridgehead atoms. The van der Waals surface area contributed by atoms with Gasteiger partial charge in [0.05, 0.1) is 6.07 Å². The first-order chi connectivity index (χ1) is 12.5. The lowest BCUT2D eigenvalue weighted by atomic mass is 10.1. The number of aryl methyl sites for hydroxylation is 1. The molecule has 1 heterocycles. The Labute approximate surface area is 160 Å². The van der Waals surface area contributed by atoms with Crippen LogP contribution in [0.25, 0.3) is 0 Å². The number of hydrogen-bond donors (Lipinski definition) is 0. The topological polar surface area (TPSA) is 53.3 Å². The summed E-state index contributed by atoms with van der Waals surface area (Å²) < 4.78 is 5.98. The lowest BCUT2D eigenvalue weighted by Crippen LogP contribution is -2.40. The summed E-state index contributed by atoms with van der Waals surface area (Å²) in [5, 5.41) is 8.76. The second-order valence-electron chi connectivity index (χ2n) is 6.21. The highest BCUT2D eigenvalue weighted by Crippen LogP contribution is 2.20. The third-order valence-corrected chi connectivity index (χ3v) is 4.36. The van der Waals surface area contributed by atoms with Crippen LogP contribution in [0.5, 0.6) is 0 Å². The number of nitrogens with zero attached hydrogens (tertiary/aromatic N) is 2. The van der Waals surface area contributed by atoms with E-state index in [0.29, 0.717) is 30.3 Å². The van der Waals surface area contributed by atoms with E-state index in [0.717, 1.165) is 24.0 Å². The SMILES string of the molecule is C=C(C#N)/C=C\C(=C/CCl)OC1CCN(C(=O)c2ccc(C)cc2)CC1. The van der Waals surface area contributed by atoms with Gasteiger partial charge in [0, 0.05) is 42.9 Å². The molecule has 0 N–H and O–H groups in total. The monoisotopic (exact) mass is 370 g/mol. The number of carbonyl (C=O) groups is 1. The number of halogens is 1. The first-order valence-electron chi connectivity index (χ1n) is 8.59. The van der Waals surface area contributed by atoms with Gasteiger partial charge in [-0.25, -0.2) is 0 Å². The second kappa shape index (κ2) is 9.84. The molecule has 1 fully saturated rings. The zero-order chi connectivity index (χ0) is 18.9. The molecule has 1 aliphatic heterocycles. The molecular formula is C21H23ClN2O2. The van der Waals surface area contributed by atoms with Crippen molar-refractivity contribution >= 4 is 17.5 Å². The minimum atomic E-state index is 0.0199. The third-order valence-electron chi connectivity index (χ3n) is 4.20. The van der Waals surface area contributed by atoms with Gasteiger partial charge in [-0.05, 0) is 37.3 Å². The molecule has 0 atom stereocenters. The van der Waals surface area contributed by atoms with Crippen LogP contribution in [0, 0.1) is 18.3 Å². The van der Waals surface area contributed by atoms with E-state index in [9.17, 15) is 4.79 Å². The standard InChI is InChI=1S/C21H23ClN2O2/c1-16-3-6-18(7-4-16)21(25)24-13-10-20(11-14-24)26-19(9-12-22)8-5-17(2)15-23/h3-9,20H,2,10-14H2,1H3/b8-5-,19-9+. The molecule has 0 spiro atoms. The number of hydrogen-bond acceptors (Lipinski definition) is 3. The van der Waals surface area contributed by atoms with Crippen LogP contribution in [0.1, 0.15) is 28.8 Å². The summed E-state index contributed by atoms with van der Waals surface area (Å²) in [6.45, 7) is 6.92. The Balaban J connectivity index is 1.90. The molecule has 2 rings (SSSR count). The van der Waals surface area contributed by atoms with Gasteiger partial charge in [0.25, 0.3) is 5.91 Å². The zero-order valence-electron chi connectivity index (χ0n) is 15.0. The van der Waals surface area contributed by atoms with Crippen molar-refractivity contribution in [2.75, 3.05) is 19.0 Å². The molecule has 26 heavy (non-hydrogen) atoms. The summed E-state index contributed by atoms with van der Waals surface area (Å²) >= 11 is 5.78. The van der Waals surface area contributed by atoms with Crippen LogP contribution in [-0.4, -0.2) is 35.9 Å². The number of nitriles is 1. The van der Waals surface area contributed by atoms with Crippen LogP contribution in [0.2, 0.25) is 0 Å². The maximum atomic E-state index is 12.6. The van der Waals surface area contributed by atoms with E-state index in [2.05, 4.69) is 6.58 Å². The summed E-state index contributed by atoms with van der Waals surface area (Å²) in [6, 6.07) is 9.61. The molecule has 136 valence electrons. The van der Waals surface area contributed by atoms with Gasteiger partial charge in [-0.1, -0.05) is 24.3 Å². The average molecular weight is 371 g/mol. The first kappa shape index (κ1) is 19.8. The van der Waals surface area contributed by atoms with Crippen LogP contribution in [0.15, 0.2) is 60.4 Å². The summed E-state index contributed by atoms with van der Waals surface area (Å²) in [7, 11) is 0. The third kappa shape index (κ3) is 5.79. The predicted octanol–water partition coefficient (Wildman–Crippen LogP) is 4.37. The van der Waals surface area contributed by atoms with Crippen LogP contribution >= 0.6 is 11.6 Å². The Hall–Kier alpha value is -2.51. The van der Waals surface area contributed by atoms with Crippen molar-refractivity contribution in [2.45, 2.75) is 25.9 Å². The molecular weight excluding hydrogens is 348 g/mol. The highest BCUT2D eigenvalue weighted by molar-refractivity contribution is 6.18. The van der Waals surface area contributed by atoms with E-state index in [1.807, 2.05) is 42.2 Å². The number of carbonyl (C=O) groups excluding carboxylic acids is 1. The largest absolute Gasteiger partial charge is 0.491 e. The first-order valence-corrected chi connectivity index (χ1v) is 9.12. The molecule has 1 aromatic carbocycles. The van der Waals surface area contributed by atoms with Crippen molar-refractivity contribution in [3.05, 3.63) is 71.5 Å². The molecule has 1 aromatic rings. The highest BCUT2D eigenvalue weighted by Gasteiger charge is 2.24. The van der Waals surface area contributed by atoms with Crippen LogP contribution in [0.4, 0.5) is 0 Å². The molecule has 0 saturated carbocycles. The summed E-state index contributed by atoms with van der Waals surface area (Å²) in [5.41, 5.74) is 2.21. The van der Waals surface area contributed by atoms with Gasteiger partial charge in [-0.15, -0.1) is 11.6 Å². The van der Waals surface area contributed by atoms with Crippen molar-refractivity contribution < 1.29 is 9.53 Å². The van der Waals surface area contributed by atoms with Gasteiger partial charge in [-0.3, -0.25) is 4.79 Å². The number of benzene rings is 1. The average Bonchev–Trinajstić information content (AvgIpc) is 2.66. The fourth-order valence-corrected chi connectivity index (χ4v) is 2.85. The van der Waals surface area contributed by atoms with Crippen LogP contribution < -0.4 is 0 Å². The van der Waals surface area contributed by atoms with E-state index in [1.54, 1.807) is 18.2 Å². The van der Waals surface area contributed by atoms with Gasteiger partial charge in [0.1, 0.15) is 11.9 Å². The molecule has 4 nitrogen and oxygen atoms in total. The van der Waals surface area contributed by atoms with Gasteiger partial charge in [0.2, 0.25) is 0 Å². The fourth-order valence-electron chi connectivity index (χ4n) is 2.70. The maximum Gasteiger partial charge on any atom is 0.253 e. The molecule has 0 unspecified atom stereocenters. The Morgan fingerprint density at radius 3 is 2.58 bits per heavy atom. The molecule has 1 saturated heterocycles. The predicted molar refractivity (Wildman–Crippen MR) is 104 cm³/mol. The van der Waals surface area contributed by atoms with Crippen molar-refractivity contribution in [1.82, 2.24) is 4.90 Å². The Morgan fingerprint density at radius 1 is 1.35 bits per heavy atom. The highest BCUT2D eigenvalue weighted by atomic mass is 35.5. The van der Waals surface area contributed by atoms with E-state index in [-0.39, 0.29) is 12.0 Å². The second-order valence-corrected chi connectivity index (χ2v) is 6.52.